The first-order valence-corrected chi connectivity index (χ1v) is 24.2. The highest BCUT2D eigenvalue weighted by Crippen LogP contribution is 2.52. The summed E-state index contributed by atoms with van der Waals surface area (Å²) in [5.74, 6) is -36.7. The Morgan fingerprint density at radius 1 is 0.276 bits per heavy atom. The van der Waals surface area contributed by atoms with Crippen molar-refractivity contribution < 1.29 is 168 Å². The molecular weight excluding hydrogens is 1220 g/mol. The number of hydrogen-bond donors (Lipinski definition) is 3. The van der Waals surface area contributed by atoms with Crippen LogP contribution in [0, 0.1) is 0 Å². The van der Waals surface area contributed by atoms with E-state index in [4.69, 9.17) is 37.9 Å². The number of aliphatic hydroxyl groups is 3. The van der Waals surface area contributed by atoms with Crippen LogP contribution in [0.1, 0.15) is 51.4 Å². The Bertz CT molecular complexity index is 3300. The van der Waals surface area contributed by atoms with Gasteiger partial charge < -0.3 is 72.2 Å². The van der Waals surface area contributed by atoms with Crippen molar-refractivity contribution in [3.8, 4) is 0 Å². The molecule has 0 aromatic rings. The van der Waals surface area contributed by atoms with Gasteiger partial charge in [0.05, 0.1) is 0 Å². The minimum absolute atomic E-state index is 0.310. The maximum Gasteiger partial charge on any atom is 0.478 e. The lowest BCUT2D eigenvalue weighted by molar-refractivity contribution is -0.456. The lowest BCUT2D eigenvalue weighted by Crippen LogP contribution is -2.64. The van der Waals surface area contributed by atoms with Gasteiger partial charge in [-0.05, 0) is 36.5 Å². The maximum atomic E-state index is 13.2. The van der Waals surface area contributed by atoms with E-state index < -0.39 is 164 Å². The van der Waals surface area contributed by atoms with Gasteiger partial charge in [0.2, 0.25) is 0 Å². The number of ether oxygens (including phenoxy) is 12. The Balaban J connectivity index is 0.793. The molecule has 2 aliphatic carbocycles. The number of carbonyl (C=O) groups excluding carboxylic acids is 9. The molecule has 0 unspecified atom stereocenters. The van der Waals surface area contributed by atoms with Gasteiger partial charge in [-0.1, -0.05) is 54.7 Å². The molecule has 87 heavy (non-hydrogen) atoms. The highest BCUT2D eigenvalue weighted by Gasteiger charge is 2.81. The molecule has 2 saturated carbocycles. The molecule has 6 aliphatic heterocycles. The fourth-order valence-corrected chi connectivity index (χ4v) is 8.74. The first-order valence-electron chi connectivity index (χ1n) is 24.2. The largest absolute Gasteiger partial charge is 0.480 e. The van der Waals surface area contributed by atoms with Crippen LogP contribution in [0.25, 0.3) is 0 Å². The molecule has 3 saturated heterocycles. The second-order valence-corrected chi connectivity index (χ2v) is 18.8. The SMILES string of the molecule is O=C1OC2(CCC3(CC2)OC(=O)C(=C/C=C/C=C/C2=C(O)OC(C(F)(F)F)(C(F)(F)F)OC2=O)C(=O)O3)OC(=O)C1=CC=CC=CC1=C(O)OC2(CCC3(CC2)OC(=O)C(C=CC=CC=C2C(=O)OC(C(F)(F)F)(C(F)(F)F)OC2=O)=C(O)O3)OC1=O. The van der Waals surface area contributed by atoms with Gasteiger partial charge in [0.1, 0.15) is 33.4 Å². The van der Waals surface area contributed by atoms with E-state index >= 15 is 0 Å². The van der Waals surface area contributed by atoms with Gasteiger partial charge in [-0.2, -0.15) is 52.7 Å². The summed E-state index contributed by atoms with van der Waals surface area (Å²) >= 11 is 0. The monoisotopic (exact) mass is 1260 g/mol. The van der Waals surface area contributed by atoms with Crippen LogP contribution in [0.5, 0.6) is 0 Å². The zero-order valence-electron chi connectivity index (χ0n) is 42.8. The van der Waals surface area contributed by atoms with Crippen LogP contribution in [-0.2, 0) is 100.0 Å². The summed E-state index contributed by atoms with van der Waals surface area (Å²) in [6.07, 6.45) is -15.0. The number of cyclic esters (lactones) is 3. The molecule has 36 heteroatoms. The zero-order chi connectivity index (χ0) is 64.1. The number of allylic oxidation sites excluding steroid dienone is 12. The van der Waals surface area contributed by atoms with Crippen molar-refractivity contribution in [1.82, 2.24) is 0 Å². The van der Waals surface area contributed by atoms with Gasteiger partial charge in [0.15, 0.2) is 0 Å². The number of aliphatic hydroxyl groups excluding tert-OH is 3. The molecule has 6 heterocycles. The third kappa shape index (κ3) is 12.1. The van der Waals surface area contributed by atoms with Crippen molar-refractivity contribution in [2.45, 2.75) is 111 Å². The molecular formula is C51H34F12O24. The molecule has 8 rings (SSSR count). The van der Waals surface area contributed by atoms with E-state index in [9.17, 15) is 111 Å². The second-order valence-electron chi connectivity index (χ2n) is 18.8. The summed E-state index contributed by atoms with van der Waals surface area (Å²) in [6, 6.07) is 0. The molecule has 4 spiro atoms. The van der Waals surface area contributed by atoms with Crippen LogP contribution in [-0.4, -0.2) is 128 Å². The molecule has 0 radical (unpaired) electrons. The van der Waals surface area contributed by atoms with Crippen LogP contribution in [0.4, 0.5) is 52.7 Å². The van der Waals surface area contributed by atoms with Crippen molar-refractivity contribution >= 4 is 53.7 Å². The van der Waals surface area contributed by atoms with Gasteiger partial charge in [0.25, 0.3) is 41.0 Å². The first-order chi connectivity index (χ1) is 40.3. The Labute approximate surface area is 474 Å². The van der Waals surface area contributed by atoms with Crippen molar-refractivity contribution in [2.75, 3.05) is 0 Å². The van der Waals surface area contributed by atoms with Crippen LogP contribution in [0.15, 0.2) is 142 Å². The predicted octanol–water partition coefficient (Wildman–Crippen LogP) is 7.01. The van der Waals surface area contributed by atoms with Crippen molar-refractivity contribution in [3.63, 3.8) is 0 Å². The van der Waals surface area contributed by atoms with Crippen molar-refractivity contribution in [3.05, 3.63) is 142 Å². The summed E-state index contributed by atoms with van der Waals surface area (Å²) in [7, 11) is 0. The summed E-state index contributed by atoms with van der Waals surface area (Å²) < 4.78 is 216. The van der Waals surface area contributed by atoms with Gasteiger partial charge in [0, 0.05) is 51.4 Å². The fraction of sp³-hybridized carbons (Fsp3) is 0.353. The molecule has 0 bridgehead atoms. The molecule has 466 valence electrons. The predicted molar refractivity (Wildman–Crippen MR) is 244 cm³/mol. The number of esters is 9. The standard InChI is InChI=1S/C51H34F12O24/c52-48(53,54)46(49(55,56)57)84-38(72)28(39(73)85-46)14-8-2-6-12-26-34(68)80-44(81-35(26)69)20-16-42(17-21-44)76-30(64)24(31(65)77-42)10-4-1-5-11-25-32(66)78-43(79-33(25)67)18-22-45(23-19-43)82-36(70)27(37(71)83-45)13-7-3-9-15-29-40(74)86-47(50(58,59)60,51(61,62)63)87-41(29)75/h1-15,64,68,74H,16-23H2/b5-1?,7-3+,8-2?,10-4?,12-6?,15-9+,25-11?,27-13?. The number of halogens is 12. The van der Waals surface area contributed by atoms with Crippen LogP contribution in [0.3, 0.4) is 0 Å². The van der Waals surface area contributed by atoms with E-state index in [1.165, 1.54) is 6.08 Å². The van der Waals surface area contributed by atoms with Crippen LogP contribution in [0.2, 0.25) is 0 Å². The van der Waals surface area contributed by atoms with E-state index in [1.807, 2.05) is 0 Å². The number of hydrogen-bond acceptors (Lipinski definition) is 24. The minimum Gasteiger partial charge on any atom is -0.480 e. The normalized spacial score (nSPS) is 26.1. The molecule has 5 fully saturated rings. The first kappa shape index (κ1) is 63.1. The van der Waals surface area contributed by atoms with Gasteiger partial charge in [-0.25, -0.2) is 43.2 Å². The summed E-state index contributed by atoms with van der Waals surface area (Å²) in [5.41, 5.74) is -5.13. The third-order valence-electron chi connectivity index (χ3n) is 13.1. The fourth-order valence-electron chi connectivity index (χ4n) is 8.74. The Morgan fingerprint density at radius 2 is 0.483 bits per heavy atom. The number of carbonyl (C=O) groups is 9. The van der Waals surface area contributed by atoms with E-state index in [-0.39, 0.29) is 51.4 Å². The third-order valence-corrected chi connectivity index (χ3v) is 13.1. The number of alkyl halides is 12. The highest BCUT2D eigenvalue weighted by atomic mass is 19.4. The summed E-state index contributed by atoms with van der Waals surface area (Å²) in [6.45, 7) is 0. The Kier molecular flexibility index (Phi) is 16.1. The maximum absolute atomic E-state index is 13.2. The average Bonchev–Trinajstić information content (AvgIpc) is 0.908. The molecule has 0 atom stereocenters. The quantitative estimate of drug-likeness (QED) is 0.0522. The van der Waals surface area contributed by atoms with Gasteiger partial charge >= 0.3 is 90.0 Å². The Morgan fingerprint density at radius 3 is 0.736 bits per heavy atom. The summed E-state index contributed by atoms with van der Waals surface area (Å²) in [5, 5.41) is 31.0. The van der Waals surface area contributed by atoms with E-state index in [2.05, 4.69) is 18.9 Å². The lowest BCUT2D eigenvalue weighted by atomic mass is 9.87. The summed E-state index contributed by atoms with van der Waals surface area (Å²) in [4.78, 5) is 114. The topological polar surface area (TPSA) is 325 Å². The molecule has 3 N–H and O–H groups in total. The number of rotatable bonds is 9. The Hall–Kier alpha value is -9.93. The second kappa shape index (κ2) is 22.2. The van der Waals surface area contributed by atoms with Crippen LogP contribution >= 0.6 is 0 Å². The smallest absolute Gasteiger partial charge is 0.478 e. The average molecular weight is 1260 g/mol. The van der Waals surface area contributed by atoms with Gasteiger partial charge in [-0.3, -0.25) is 0 Å². The minimum atomic E-state index is -6.39. The van der Waals surface area contributed by atoms with E-state index in [0.29, 0.717) is 12.2 Å². The molecule has 24 nitrogen and oxygen atoms in total. The molecule has 8 aliphatic rings. The molecule has 0 aromatic heterocycles. The zero-order valence-corrected chi connectivity index (χ0v) is 42.8. The lowest BCUT2D eigenvalue weighted by Gasteiger charge is -2.46. The van der Waals surface area contributed by atoms with Crippen LogP contribution < -0.4 is 0 Å². The highest BCUT2D eigenvalue weighted by molar-refractivity contribution is 6.17. The van der Waals surface area contributed by atoms with Crippen molar-refractivity contribution in [2.24, 2.45) is 0 Å². The molecule has 0 aromatic carbocycles. The van der Waals surface area contributed by atoms with Crippen molar-refractivity contribution in [1.29, 1.82) is 0 Å². The molecule has 0 amide bonds. The van der Waals surface area contributed by atoms with E-state index in [0.717, 1.165) is 72.9 Å². The van der Waals surface area contributed by atoms with E-state index in [1.54, 1.807) is 0 Å². The van der Waals surface area contributed by atoms with Gasteiger partial charge in [-0.15, -0.1) is 0 Å².